The maximum atomic E-state index is 12.5. The van der Waals surface area contributed by atoms with Gasteiger partial charge in [-0.2, -0.15) is 0 Å². The van der Waals surface area contributed by atoms with Gasteiger partial charge in [-0.25, -0.2) is 0 Å². The molecule has 0 atom stereocenters. The number of benzene rings is 1. The molecule has 0 bridgehead atoms. The van der Waals surface area contributed by atoms with Gasteiger partial charge in [-0.05, 0) is 38.1 Å². The van der Waals surface area contributed by atoms with Gasteiger partial charge in [0.25, 0.3) is 11.8 Å². The van der Waals surface area contributed by atoms with Crippen molar-refractivity contribution >= 4 is 29.1 Å². The highest BCUT2D eigenvalue weighted by Crippen LogP contribution is 2.24. The van der Waals surface area contributed by atoms with Crippen LogP contribution in [0.25, 0.3) is 0 Å². The first-order chi connectivity index (χ1) is 12.0. The molecule has 2 heterocycles. The van der Waals surface area contributed by atoms with Gasteiger partial charge in [0.05, 0.1) is 29.4 Å². The van der Waals surface area contributed by atoms with E-state index in [2.05, 4.69) is 5.32 Å². The summed E-state index contributed by atoms with van der Waals surface area (Å²) in [6.45, 7) is 5.67. The van der Waals surface area contributed by atoms with Crippen molar-refractivity contribution in [2.24, 2.45) is 0 Å². The molecule has 1 aliphatic rings. The van der Waals surface area contributed by atoms with E-state index in [4.69, 9.17) is 20.8 Å². The van der Waals surface area contributed by atoms with E-state index in [1.54, 1.807) is 43.0 Å². The van der Waals surface area contributed by atoms with Crippen molar-refractivity contribution in [3.8, 4) is 0 Å². The lowest BCUT2D eigenvalue weighted by Crippen LogP contribution is -2.40. The summed E-state index contributed by atoms with van der Waals surface area (Å²) in [5, 5.41) is 3.07. The molecular weight excluding hydrogens is 344 g/mol. The molecule has 1 fully saturated rings. The topological polar surface area (TPSA) is 71.8 Å². The summed E-state index contributed by atoms with van der Waals surface area (Å²) in [7, 11) is 0. The number of nitrogens with zero attached hydrogens (tertiary/aromatic N) is 1. The predicted molar refractivity (Wildman–Crippen MR) is 94.3 cm³/mol. The Kier molecular flexibility index (Phi) is 5.11. The second-order valence-corrected chi connectivity index (χ2v) is 6.29. The van der Waals surface area contributed by atoms with Gasteiger partial charge >= 0.3 is 0 Å². The van der Waals surface area contributed by atoms with Crippen LogP contribution >= 0.6 is 11.6 Å². The number of amides is 2. The van der Waals surface area contributed by atoms with E-state index >= 15 is 0 Å². The Labute approximate surface area is 150 Å². The van der Waals surface area contributed by atoms with E-state index < -0.39 is 0 Å². The van der Waals surface area contributed by atoms with Crippen LogP contribution in [-0.2, 0) is 4.74 Å². The monoisotopic (exact) mass is 362 g/mol. The SMILES string of the molecule is Cc1cc(C(=O)Nc2ccc(C(=O)N3CCOCC3)c(Cl)c2)c(C)o1. The fraction of sp³-hybridized carbons (Fsp3) is 0.333. The Hall–Kier alpha value is -2.31. The molecule has 0 radical (unpaired) electrons. The van der Waals surface area contributed by atoms with Crippen LogP contribution in [0.15, 0.2) is 28.7 Å². The third-order valence-electron chi connectivity index (χ3n) is 4.04. The van der Waals surface area contributed by atoms with Gasteiger partial charge in [0.1, 0.15) is 11.5 Å². The van der Waals surface area contributed by atoms with Crippen molar-refractivity contribution in [2.45, 2.75) is 13.8 Å². The zero-order chi connectivity index (χ0) is 18.0. The Bertz CT molecular complexity index is 809. The number of anilines is 1. The fourth-order valence-corrected chi connectivity index (χ4v) is 3.02. The number of aryl methyl sites for hydroxylation is 2. The van der Waals surface area contributed by atoms with E-state index in [1.807, 2.05) is 0 Å². The lowest BCUT2D eigenvalue weighted by Gasteiger charge is -2.27. The second kappa shape index (κ2) is 7.29. The van der Waals surface area contributed by atoms with E-state index in [9.17, 15) is 9.59 Å². The van der Waals surface area contributed by atoms with E-state index in [-0.39, 0.29) is 11.8 Å². The number of carbonyl (C=O) groups is 2. The van der Waals surface area contributed by atoms with Gasteiger partial charge < -0.3 is 19.4 Å². The summed E-state index contributed by atoms with van der Waals surface area (Å²) in [6, 6.07) is 6.56. The van der Waals surface area contributed by atoms with Gasteiger partial charge in [0.15, 0.2) is 0 Å². The molecule has 2 aromatic rings. The maximum Gasteiger partial charge on any atom is 0.259 e. The quantitative estimate of drug-likeness (QED) is 0.909. The van der Waals surface area contributed by atoms with Gasteiger partial charge in [0, 0.05) is 18.8 Å². The molecule has 0 spiro atoms. The van der Waals surface area contributed by atoms with Gasteiger partial charge in [0.2, 0.25) is 0 Å². The molecule has 1 saturated heterocycles. The Morgan fingerprint density at radius 2 is 1.84 bits per heavy atom. The number of nitrogens with one attached hydrogen (secondary N) is 1. The van der Waals surface area contributed by atoms with Gasteiger partial charge in [-0.3, -0.25) is 9.59 Å². The number of hydrogen-bond donors (Lipinski definition) is 1. The first-order valence-electron chi connectivity index (χ1n) is 8.00. The average molecular weight is 363 g/mol. The number of ether oxygens (including phenoxy) is 1. The molecule has 1 N–H and O–H groups in total. The first kappa shape index (κ1) is 17.5. The van der Waals surface area contributed by atoms with Crippen LogP contribution in [-0.4, -0.2) is 43.0 Å². The molecule has 1 aromatic carbocycles. The minimum Gasteiger partial charge on any atom is -0.466 e. The Morgan fingerprint density at radius 3 is 2.44 bits per heavy atom. The van der Waals surface area contributed by atoms with E-state index in [1.165, 1.54) is 0 Å². The van der Waals surface area contributed by atoms with Crippen LogP contribution in [0.4, 0.5) is 5.69 Å². The summed E-state index contributed by atoms with van der Waals surface area (Å²) in [4.78, 5) is 26.5. The van der Waals surface area contributed by atoms with Gasteiger partial charge in [-0.1, -0.05) is 11.6 Å². The predicted octanol–water partition coefficient (Wildman–Crippen LogP) is 3.27. The molecule has 25 heavy (non-hydrogen) atoms. The van der Waals surface area contributed by atoms with E-state index in [0.29, 0.717) is 59.7 Å². The molecule has 132 valence electrons. The highest BCUT2D eigenvalue weighted by molar-refractivity contribution is 6.34. The molecule has 2 amide bonds. The average Bonchev–Trinajstić information content (AvgIpc) is 2.94. The summed E-state index contributed by atoms with van der Waals surface area (Å²) in [5.41, 5.74) is 1.41. The standard InChI is InChI=1S/C18H19ClN2O4/c1-11-9-15(12(2)25-11)17(22)20-13-3-4-14(16(19)10-13)18(23)21-5-7-24-8-6-21/h3-4,9-10H,5-8H2,1-2H3,(H,20,22). The molecule has 1 aromatic heterocycles. The second-order valence-electron chi connectivity index (χ2n) is 5.88. The smallest absolute Gasteiger partial charge is 0.259 e. The number of rotatable bonds is 3. The molecule has 7 heteroatoms. The molecule has 0 saturated carbocycles. The summed E-state index contributed by atoms with van der Waals surface area (Å²) in [5.74, 6) is 0.817. The van der Waals surface area contributed by atoms with Crippen molar-refractivity contribution in [1.29, 1.82) is 0 Å². The highest BCUT2D eigenvalue weighted by Gasteiger charge is 2.21. The summed E-state index contributed by atoms with van der Waals surface area (Å²) >= 11 is 6.26. The van der Waals surface area contributed by atoms with Crippen molar-refractivity contribution in [3.63, 3.8) is 0 Å². The third-order valence-corrected chi connectivity index (χ3v) is 4.35. The summed E-state index contributed by atoms with van der Waals surface area (Å²) < 4.78 is 10.6. The molecular formula is C18H19ClN2O4. The van der Waals surface area contributed by atoms with Crippen LogP contribution < -0.4 is 5.32 Å². The number of furan rings is 1. The number of morpholine rings is 1. The number of hydrogen-bond acceptors (Lipinski definition) is 4. The molecule has 1 aliphatic heterocycles. The number of carbonyl (C=O) groups excluding carboxylic acids is 2. The van der Waals surface area contributed by atoms with Crippen LogP contribution in [0.2, 0.25) is 5.02 Å². The van der Waals surface area contributed by atoms with Crippen LogP contribution in [0.5, 0.6) is 0 Å². The van der Waals surface area contributed by atoms with Gasteiger partial charge in [-0.15, -0.1) is 0 Å². The van der Waals surface area contributed by atoms with Crippen LogP contribution in [0, 0.1) is 13.8 Å². The van der Waals surface area contributed by atoms with Crippen molar-refractivity contribution < 1.29 is 18.7 Å². The molecule has 6 nitrogen and oxygen atoms in total. The maximum absolute atomic E-state index is 12.5. The Morgan fingerprint density at radius 1 is 1.12 bits per heavy atom. The molecule has 3 rings (SSSR count). The molecule has 0 unspecified atom stereocenters. The van der Waals surface area contributed by atoms with Crippen LogP contribution in [0.3, 0.4) is 0 Å². The first-order valence-corrected chi connectivity index (χ1v) is 8.38. The molecule has 0 aliphatic carbocycles. The largest absolute Gasteiger partial charge is 0.466 e. The van der Waals surface area contributed by atoms with E-state index in [0.717, 1.165) is 0 Å². The highest BCUT2D eigenvalue weighted by atomic mass is 35.5. The normalized spacial score (nSPS) is 14.4. The number of halogens is 1. The lowest BCUT2D eigenvalue weighted by molar-refractivity contribution is 0.0303. The lowest BCUT2D eigenvalue weighted by atomic mass is 10.1. The minimum atomic E-state index is -0.280. The zero-order valence-corrected chi connectivity index (χ0v) is 14.9. The fourth-order valence-electron chi connectivity index (χ4n) is 2.76. The third kappa shape index (κ3) is 3.86. The van der Waals surface area contributed by atoms with Crippen molar-refractivity contribution in [2.75, 3.05) is 31.6 Å². The summed E-state index contributed by atoms with van der Waals surface area (Å²) in [6.07, 6.45) is 0. The Balaban J connectivity index is 1.74. The van der Waals surface area contributed by atoms with Crippen LogP contribution in [0.1, 0.15) is 32.2 Å². The zero-order valence-electron chi connectivity index (χ0n) is 14.1. The minimum absolute atomic E-state index is 0.132. The van der Waals surface area contributed by atoms with Crippen molar-refractivity contribution in [3.05, 3.63) is 51.9 Å². The van der Waals surface area contributed by atoms with Crippen molar-refractivity contribution in [1.82, 2.24) is 4.90 Å².